The summed E-state index contributed by atoms with van der Waals surface area (Å²) in [5.41, 5.74) is -2.08. The Balaban J connectivity index is 1.48. The molecule has 5 aromatic rings. The minimum Gasteiger partial charge on any atom is -0.497 e. The summed E-state index contributed by atoms with van der Waals surface area (Å²) < 4.78 is 60.0. The van der Waals surface area contributed by atoms with Gasteiger partial charge in [0.05, 0.1) is 39.9 Å². The zero-order chi connectivity index (χ0) is 45.9. The zero-order valence-electron chi connectivity index (χ0n) is 36.9. The lowest BCUT2D eigenvalue weighted by Gasteiger charge is -2.40. The highest BCUT2D eigenvalue weighted by Crippen LogP contribution is 2.55. The normalized spacial score (nSPS) is 19.0. The van der Waals surface area contributed by atoms with Crippen molar-refractivity contribution in [2.45, 2.75) is 82.3 Å². The number of nitrogens with zero attached hydrogens (tertiary/aromatic N) is 4. The molecule has 1 aromatic heterocycles. The van der Waals surface area contributed by atoms with Crippen LogP contribution in [0.2, 0.25) is 0 Å². The highest BCUT2D eigenvalue weighted by Gasteiger charge is 2.61. The molecule has 1 aliphatic rings. The van der Waals surface area contributed by atoms with Gasteiger partial charge in [0.25, 0.3) is 14.4 Å². The van der Waals surface area contributed by atoms with Crippen LogP contribution in [0.15, 0.2) is 139 Å². The Hall–Kier alpha value is -5.78. The Bertz CT molecular complexity index is 2340. The minimum atomic E-state index is -2.47. The van der Waals surface area contributed by atoms with Crippen molar-refractivity contribution in [1.82, 2.24) is 14.2 Å². The van der Waals surface area contributed by atoms with Gasteiger partial charge in [-0.2, -0.15) is 10.2 Å². The smallest absolute Gasteiger partial charge is 0.351 e. The molecule has 2 heterocycles. The third-order valence-electron chi connectivity index (χ3n) is 10.8. The fraction of sp³-hybridized carbons (Fsp3) is 0.347. The van der Waals surface area contributed by atoms with Crippen molar-refractivity contribution in [3.05, 3.63) is 167 Å². The van der Waals surface area contributed by atoms with Gasteiger partial charge in [-0.15, -0.1) is 6.58 Å². The molecule has 0 radical (unpaired) electrons. The van der Waals surface area contributed by atoms with E-state index in [9.17, 15) is 14.9 Å². The van der Waals surface area contributed by atoms with Gasteiger partial charge in [0.1, 0.15) is 35.1 Å². The number of carbonyl (C=O) groups excluding carboxylic acids is 1. The number of nitrogens with one attached hydrogen (secondary N) is 1. The maximum Gasteiger partial charge on any atom is 0.351 e. The molecular formula is C49H55FN5O8P. The molecule has 5 atom stereocenters. The van der Waals surface area contributed by atoms with Crippen LogP contribution < -0.4 is 20.5 Å². The van der Waals surface area contributed by atoms with Crippen molar-refractivity contribution in [2.24, 2.45) is 0 Å². The second-order valence-electron chi connectivity index (χ2n) is 15.7. The number of aromatic nitrogens is 2. The number of anilines is 1. The molecule has 336 valence electrons. The van der Waals surface area contributed by atoms with E-state index in [1.165, 1.54) is 18.3 Å². The number of nitriles is 1. The van der Waals surface area contributed by atoms with Crippen LogP contribution in [-0.2, 0) is 24.1 Å². The van der Waals surface area contributed by atoms with Gasteiger partial charge in [-0.1, -0.05) is 78.9 Å². The molecule has 1 aliphatic heterocycles. The number of hydrogen-bond donors (Lipinski definition) is 1. The van der Waals surface area contributed by atoms with Crippen LogP contribution in [0, 0.1) is 11.3 Å². The number of methoxy groups -OCH3 is 2. The van der Waals surface area contributed by atoms with Gasteiger partial charge in [-0.05, 0) is 86.8 Å². The molecule has 1 N–H and O–H groups in total. The van der Waals surface area contributed by atoms with E-state index in [-0.39, 0.29) is 44.0 Å². The molecule has 1 fully saturated rings. The van der Waals surface area contributed by atoms with E-state index < -0.39 is 49.8 Å². The predicted octanol–water partition coefficient (Wildman–Crippen LogP) is 9.36. The first-order valence-electron chi connectivity index (χ1n) is 21.0. The van der Waals surface area contributed by atoms with E-state index in [0.717, 1.165) is 21.3 Å². The molecular weight excluding hydrogens is 837 g/mol. The average molecular weight is 892 g/mol. The Morgan fingerprint density at radius 1 is 0.938 bits per heavy atom. The third-order valence-corrected chi connectivity index (χ3v) is 13.0. The summed E-state index contributed by atoms with van der Waals surface area (Å²) >= 11 is 0. The van der Waals surface area contributed by atoms with Gasteiger partial charge in [0.2, 0.25) is 0 Å². The van der Waals surface area contributed by atoms with Crippen LogP contribution in [-0.4, -0.2) is 77.5 Å². The maximum absolute atomic E-state index is 18.7. The number of alkyl halides is 1. The van der Waals surface area contributed by atoms with Crippen molar-refractivity contribution >= 4 is 20.3 Å². The van der Waals surface area contributed by atoms with Gasteiger partial charge < -0.3 is 33.3 Å². The van der Waals surface area contributed by atoms with E-state index in [0.29, 0.717) is 17.1 Å². The number of rotatable bonds is 21. The summed E-state index contributed by atoms with van der Waals surface area (Å²) in [5.74, 6) is 0.771. The number of carbonyl (C=O) groups is 1. The summed E-state index contributed by atoms with van der Waals surface area (Å²) in [7, 11) is 1.14. The number of benzene rings is 4. The van der Waals surface area contributed by atoms with E-state index >= 15 is 4.39 Å². The van der Waals surface area contributed by atoms with Crippen molar-refractivity contribution in [3.63, 3.8) is 0 Å². The molecule has 0 spiro atoms. The zero-order valence-corrected chi connectivity index (χ0v) is 37.8. The molecule has 15 heteroatoms. The van der Waals surface area contributed by atoms with Crippen LogP contribution in [0.3, 0.4) is 0 Å². The third kappa shape index (κ3) is 10.4. The molecule has 1 amide bonds. The number of ether oxygens (including phenoxy) is 4. The highest BCUT2D eigenvalue weighted by molar-refractivity contribution is 7.44. The monoisotopic (exact) mass is 891 g/mol. The lowest BCUT2D eigenvalue weighted by atomic mass is 9.80. The van der Waals surface area contributed by atoms with Gasteiger partial charge in [0, 0.05) is 30.3 Å². The average Bonchev–Trinajstić information content (AvgIpc) is 3.56. The number of halogens is 1. The first-order valence-corrected chi connectivity index (χ1v) is 22.2. The van der Waals surface area contributed by atoms with Crippen LogP contribution in [0.4, 0.5) is 10.2 Å². The SMILES string of the molecule is C=CC[C@@]1(F)[C@H](OP(OCCC#N)N(C(C)C)C(C)C)[C@@H](COC(c2ccccc2)(c2ccc(OC)cc2)c2ccc(OC)cc2)O[C@H]1n1ccc(NC(=O)c2ccccc2)nc1=O. The van der Waals surface area contributed by atoms with Crippen molar-refractivity contribution in [2.75, 3.05) is 32.8 Å². The van der Waals surface area contributed by atoms with Crippen LogP contribution in [0.25, 0.3) is 0 Å². The number of hydrogen-bond acceptors (Lipinski definition) is 11. The molecule has 0 saturated carbocycles. The highest BCUT2D eigenvalue weighted by atomic mass is 31.2. The molecule has 4 aromatic carbocycles. The van der Waals surface area contributed by atoms with Crippen LogP contribution >= 0.6 is 8.53 Å². The molecule has 64 heavy (non-hydrogen) atoms. The van der Waals surface area contributed by atoms with E-state index in [1.54, 1.807) is 44.6 Å². The van der Waals surface area contributed by atoms with Crippen molar-refractivity contribution in [1.29, 1.82) is 5.26 Å². The Labute approximate surface area is 375 Å². The fourth-order valence-electron chi connectivity index (χ4n) is 7.93. The number of amides is 1. The van der Waals surface area contributed by atoms with Gasteiger partial charge >= 0.3 is 5.69 Å². The second kappa shape index (κ2) is 21.7. The molecule has 0 bridgehead atoms. The number of allylic oxidation sites excluding steroid dienone is 1. The van der Waals surface area contributed by atoms with Crippen molar-refractivity contribution in [3.8, 4) is 17.6 Å². The fourth-order valence-corrected chi connectivity index (χ4v) is 9.74. The van der Waals surface area contributed by atoms with Gasteiger partial charge in [-0.25, -0.2) is 13.9 Å². The van der Waals surface area contributed by atoms with Crippen LogP contribution in [0.1, 0.15) is 73.8 Å². The summed E-state index contributed by atoms with van der Waals surface area (Å²) in [6.45, 7) is 11.6. The molecule has 1 unspecified atom stereocenters. The van der Waals surface area contributed by atoms with Gasteiger partial charge in [-0.3, -0.25) is 9.36 Å². The second-order valence-corrected chi connectivity index (χ2v) is 17.1. The quantitative estimate of drug-likeness (QED) is 0.0326. The molecule has 6 rings (SSSR count). The Kier molecular flexibility index (Phi) is 16.2. The topological polar surface area (TPSA) is 146 Å². The summed E-state index contributed by atoms with van der Waals surface area (Å²) in [4.78, 5) is 31.1. The lowest BCUT2D eigenvalue weighted by Crippen LogP contribution is -2.48. The minimum absolute atomic E-state index is 0.0282. The van der Waals surface area contributed by atoms with E-state index in [2.05, 4.69) is 22.9 Å². The largest absolute Gasteiger partial charge is 0.497 e. The Morgan fingerprint density at radius 3 is 2.02 bits per heavy atom. The lowest BCUT2D eigenvalue weighted by molar-refractivity contribution is -0.0966. The summed E-state index contributed by atoms with van der Waals surface area (Å²) in [5, 5.41) is 12.1. The van der Waals surface area contributed by atoms with E-state index in [4.69, 9.17) is 28.0 Å². The van der Waals surface area contributed by atoms with Crippen molar-refractivity contribution < 1.29 is 37.2 Å². The first kappa shape index (κ1) is 47.7. The maximum atomic E-state index is 18.7. The summed E-state index contributed by atoms with van der Waals surface area (Å²) in [6, 6.07) is 36.4. The summed E-state index contributed by atoms with van der Waals surface area (Å²) in [6.07, 6.45) is -1.73. The Morgan fingerprint density at radius 2 is 1.50 bits per heavy atom. The molecule has 13 nitrogen and oxygen atoms in total. The van der Waals surface area contributed by atoms with Gasteiger partial charge in [0.15, 0.2) is 11.9 Å². The predicted molar refractivity (Wildman–Crippen MR) is 244 cm³/mol. The first-order chi connectivity index (χ1) is 30.9. The standard InChI is InChI=1S/C49H55FN5O8P/c1-8-29-48(50)44(63-64(61-32-15-30-51)55(34(2)3)35(4)5)42(62-46(48)54-31-28-43(53-47(54)57)52-45(56)36-16-11-9-12-17-36)33-60-49(37-18-13-10-14-19-37,38-20-24-40(58-6)25-21-38)39-22-26-41(59-7)27-23-39/h8-14,16-28,31,34-35,42,44,46H,1,15,29,32-33H2,2-7H3,(H,52,53,56,57)/t42-,44-,46-,48-,64?/m1/s1. The molecule has 1 saturated heterocycles. The molecule has 0 aliphatic carbocycles. The van der Waals surface area contributed by atoms with E-state index in [1.807, 2.05) is 111 Å². The van der Waals surface area contributed by atoms with Crippen LogP contribution in [0.5, 0.6) is 11.5 Å².